The molecule has 1 unspecified atom stereocenters. The van der Waals surface area contributed by atoms with Crippen LogP contribution in [0.2, 0.25) is 0 Å². The van der Waals surface area contributed by atoms with E-state index in [1.807, 2.05) is 44.5 Å². The van der Waals surface area contributed by atoms with Gasteiger partial charge in [0.05, 0.1) is 6.04 Å². The highest BCUT2D eigenvalue weighted by Gasteiger charge is 2.03. The van der Waals surface area contributed by atoms with Gasteiger partial charge in [0, 0.05) is 12.4 Å². The molecule has 1 atom stereocenters. The van der Waals surface area contributed by atoms with Crippen molar-refractivity contribution in [2.75, 3.05) is 7.05 Å². The molecule has 0 aliphatic carbocycles. The molecule has 0 saturated carbocycles. The van der Waals surface area contributed by atoms with Crippen LogP contribution in [-0.2, 0) is 0 Å². The molecule has 1 N–H and O–H groups in total. The van der Waals surface area contributed by atoms with E-state index in [2.05, 4.69) is 22.4 Å². The second kappa shape index (κ2) is 6.11. The van der Waals surface area contributed by atoms with Crippen LogP contribution >= 0.6 is 0 Å². The largest absolute Gasteiger partial charge is 0.309 e. The van der Waals surface area contributed by atoms with E-state index in [4.69, 9.17) is 0 Å². The second-order valence-electron chi connectivity index (χ2n) is 2.96. The molecule has 0 amide bonds. The van der Waals surface area contributed by atoms with Crippen LogP contribution in [0.1, 0.15) is 18.5 Å². The summed E-state index contributed by atoms with van der Waals surface area (Å²) < 4.78 is 0. The molecule has 0 heterocycles. The first-order valence-corrected chi connectivity index (χ1v) is 4.75. The van der Waals surface area contributed by atoms with Gasteiger partial charge in [-0.05, 0) is 19.5 Å². The van der Waals surface area contributed by atoms with Crippen LogP contribution in [0.15, 0.2) is 47.6 Å². The quantitative estimate of drug-likeness (QED) is 0.721. The fourth-order valence-corrected chi connectivity index (χ4v) is 1.21. The van der Waals surface area contributed by atoms with Gasteiger partial charge >= 0.3 is 0 Å². The molecule has 0 aliphatic heterocycles. The number of nitrogens with zero attached hydrogens (tertiary/aromatic N) is 1. The lowest BCUT2D eigenvalue weighted by atomic mass is 10.1. The summed E-state index contributed by atoms with van der Waals surface area (Å²) in [6.07, 6.45) is 5.59. The van der Waals surface area contributed by atoms with Crippen LogP contribution < -0.4 is 5.32 Å². The van der Waals surface area contributed by atoms with E-state index in [1.165, 1.54) is 5.56 Å². The summed E-state index contributed by atoms with van der Waals surface area (Å²) >= 11 is 0. The molecule has 1 rings (SSSR count). The molecule has 0 aliphatic rings. The first-order valence-electron chi connectivity index (χ1n) is 4.75. The van der Waals surface area contributed by atoms with Crippen molar-refractivity contribution in [1.29, 1.82) is 0 Å². The molecule has 74 valence electrons. The summed E-state index contributed by atoms with van der Waals surface area (Å²) in [6.45, 7) is 1.95. The van der Waals surface area contributed by atoms with Crippen molar-refractivity contribution in [1.82, 2.24) is 5.32 Å². The summed E-state index contributed by atoms with van der Waals surface area (Å²) in [5.74, 6) is 0. The summed E-state index contributed by atoms with van der Waals surface area (Å²) in [6, 6.07) is 10.4. The third-order valence-corrected chi connectivity index (χ3v) is 1.94. The van der Waals surface area contributed by atoms with Crippen LogP contribution in [0.3, 0.4) is 0 Å². The fourth-order valence-electron chi connectivity index (χ4n) is 1.21. The number of hydrogen-bond donors (Lipinski definition) is 1. The molecular weight excluding hydrogens is 172 g/mol. The van der Waals surface area contributed by atoms with Gasteiger partial charge in [-0.25, -0.2) is 0 Å². The summed E-state index contributed by atoms with van der Waals surface area (Å²) in [4.78, 5) is 4.17. The van der Waals surface area contributed by atoms with Gasteiger partial charge in [-0.3, -0.25) is 4.99 Å². The molecule has 14 heavy (non-hydrogen) atoms. The van der Waals surface area contributed by atoms with Crippen LogP contribution in [0.4, 0.5) is 0 Å². The highest BCUT2D eigenvalue weighted by Crippen LogP contribution is 2.09. The van der Waals surface area contributed by atoms with E-state index in [0.717, 1.165) is 0 Å². The van der Waals surface area contributed by atoms with Gasteiger partial charge in [-0.2, -0.15) is 0 Å². The van der Waals surface area contributed by atoms with Crippen LogP contribution in [0, 0.1) is 0 Å². The van der Waals surface area contributed by atoms with Crippen LogP contribution in [0.5, 0.6) is 0 Å². The fraction of sp³-hybridized carbons (Fsp3) is 0.250. The third kappa shape index (κ3) is 3.15. The van der Waals surface area contributed by atoms with Crippen molar-refractivity contribution in [3.05, 3.63) is 48.2 Å². The van der Waals surface area contributed by atoms with Crippen LogP contribution in [0.25, 0.3) is 0 Å². The van der Waals surface area contributed by atoms with Crippen molar-refractivity contribution < 1.29 is 0 Å². The Morgan fingerprint density at radius 3 is 2.57 bits per heavy atom. The second-order valence-corrected chi connectivity index (χ2v) is 2.96. The molecule has 2 heteroatoms. The first-order chi connectivity index (χ1) is 6.88. The zero-order valence-corrected chi connectivity index (χ0v) is 8.64. The SMILES string of the molecule is C/C=C\N=C\C(NC)c1ccccc1. The number of nitrogens with one attached hydrogen (secondary N) is 1. The highest BCUT2D eigenvalue weighted by atomic mass is 14.9. The Morgan fingerprint density at radius 1 is 1.29 bits per heavy atom. The molecule has 2 nitrogen and oxygen atoms in total. The lowest BCUT2D eigenvalue weighted by Gasteiger charge is -2.10. The van der Waals surface area contributed by atoms with Crippen molar-refractivity contribution in [2.24, 2.45) is 4.99 Å². The van der Waals surface area contributed by atoms with Crippen LogP contribution in [-0.4, -0.2) is 13.3 Å². The van der Waals surface area contributed by atoms with Crippen molar-refractivity contribution in [2.45, 2.75) is 13.0 Å². The minimum absolute atomic E-state index is 0.187. The van der Waals surface area contributed by atoms with Crippen molar-refractivity contribution >= 4 is 6.21 Å². The van der Waals surface area contributed by atoms with E-state index in [9.17, 15) is 0 Å². The Morgan fingerprint density at radius 2 is 2.00 bits per heavy atom. The maximum Gasteiger partial charge on any atom is 0.0678 e. The standard InChI is InChI=1S/C12H16N2/c1-3-9-14-10-12(13-2)11-7-5-4-6-8-11/h3-10,12-13H,1-2H3/b9-3-,14-10+. The Kier molecular flexibility index (Phi) is 4.65. The Labute approximate surface area is 85.4 Å². The smallest absolute Gasteiger partial charge is 0.0678 e. The monoisotopic (exact) mass is 188 g/mol. The third-order valence-electron chi connectivity index (χ3n) is 1.94. The Hall–Kier alpha value is -1.41. The lowest BCUT2D eigenvalue weighted by molar-refractivity contribution is 0.762. The van der Waals surface area contributed by atoms with Gasteiger partial charge in [-0.1, -0.05) is 36.4 Å². The van der Waals surface area contributed by atoms with Crippen molar-refractivity contribution in [3.8, 4) is 0 Å². The molecule has 0 fully saturated rings. The van der Waals surface area contributed by atoms with Gasteiger partial charge < -0.3 is 5.32 Å². The van der Waals surface area contributed by atoms with Gasteiger partial charge in [-0.15, -0.1) is 0 Å². The molecule has 0 radical (unpaired) electrons. The summed E-state index contributed by atoms with van der Waals surface area (Å²) in [5, 5.41) is 3.19. The number of rotatable bonds is 4. The van der Waals surface area contributed by atoms with E-state index in [0.29, 0.717) is 0 Å². The number of benzene rings is 1. The maximum atomic E-state index is 4.17. The number of aliphatic imine (C=N–C) groups is 1. The Bertz CT molecular complexity index is 301. The van der Waals surface area contributed by atoms with E-state index in [1.54, 1.807) is 6.20 Å². The minimum atomic E-state index is 0.187. The molecule has 1 aromatic carbocycles. The number of hydrogen-bond acceptors (Lipinski definition) is 2. The first kappa shape index (κ1) is 10.7. The van der Waals surface area contributed by atoms with Gasteiger partial charge in [0.25, 0.3) is 0 Å². The summed E-state index contributed by atoms with van der Waals surface area (Å²) in [5.41, 5.74) is 1.23. The Balaban J connectivity index is 2.72. The van der Waals surface area contributed by atoms with E-state index in [-0.39, 0.29) is 6.04 Å². The molecule has 0 spiro atoms. The molecule has 0 saturated heterocycles. The highest BCUT2D eigenvalue weighted by molar-refractivity contribution is 5.67. The van der Waals surface area contributed by atoms with Crippen molar-refractivity contribution in [3.63, 3.8) is 0 Å². The predicted octanol–water partition coefficient (Wildman–Crippen LogP) is 2.55. The average Bonchev–Trinajstić information content (AvgIpc) is 2.26. The molecule has 1 aromatic rings. The zero-order valence-electron chi connectivity index (χ0n) is 8.64. The van der Waals surface area contributed by atoms with E-state index < -0.39 is 0 Å². The minimum Gasteiger partial charge on any atom is -0.309 e. The topological polar surface area (TPSA) is 24.4 Å². The summed E-state index contributed by atoms with van der Waals surface area (Å²) in [7, 11) is 1.93. The molecule has 0 aromatic heterocycles. The van der Waals surface area contributed by atoms with Gasteiger partial charge in [0.1, 0.15) is 0 Å². The average molecular weight is 188 g/mol. The predicted molar refractivity (Wildman–Crippen MR) is 61.5 cm³/mol. The van der Waals surface area contributed by atoms with E-state index >= 15 is 0 Å². The van der Waals surface area contributed by atoms with Gasteiger partial charge in [0.2, 0.25) is 0 Å². The zero-order chi connectivity index (χ0) is 10.2. The number of allylic oxidation sites excluding steroid dienone is 1. The normalized spacial score (nSPS) is 13.9. The molecule has 0 bridgehead atoms. The maximum absolute atomic E-state index is 4.17. The van der Waals surface area contributed by atoms with Gasteiger partial charge in [0.15, 0.2) is 0 Å². The lowest BCUT2D eigenvalue weighted by Crippen LogP contribution is -2.17. The molecular formula is C12H16N2.